The van der Waals surface area contributed by atoms with Crippen LogP contribution in [-0.2, 0) is 10.1 Å². The summed E-state index contributed by atoms with van der Waals surface area (Å²) < 4.78 is 30.8. The molecule has 2 aromatic carbocycles. The van der Waals surface area contributed by atoms with E-state index in [2.05, 4.69) is 25.9 Å². The number of hydrogen-bond donors (Lipinski definition) is 4. The molecule has 1 heterocycles. The molecule has 2 amide bonds. The van der Waals surface area contributed by atoms with E-state index in [1.54, 1.807) is 18.2 Å². The van der Waals surface area contributed by atoms with Gasteiger partial charge in [-0.25, -0.2) is 9.78 Å². The van der Waals surface area contributed by atoms with Crippen molar-refractivity contribution in [1.82, 2.24) is 15.3 Å². The monoisotopic (exact) mass is 471 g/mol. The topological polar surface area (TPSA) is 125 Å². The van der Waals surface area contributed by atoms with Gasteiger partial charge >= 0.3 is 16.1 Å². The molecular weight excluding hydrogens is 442 g/mol. The van der Waals surface area contributed by atoms with E-state index in [9.17, 15) is 13.2 Å². The summed E-state index contributed by atoms with van der Waals surface area (Å²) in [5.74, 6) is 0.724. The van der Waals surface area contributed by atoms with E-state index in [4.69, 9.17) is 4.18 Å². The van der Waals surface area contributed by atoms with Gasteiger partial charge in [0.1, 0.15) is 10.6 Å². The number of hydrogen-bond acceptors (Lipinski definition) is 6. The minimum Gasteiger partial charge on any atom is -0.382 e. The first-order valence-corrected chi connectivity index (χ1v) is 12.5. The summed E-state index contributed by atoms with van der Waals surface area (Å²) in [4.78, 5) is 19.3. The maximum atomic E-state index is 12.7. The number of carbonyl (C=O) groups is 1. The molecule has 4 rings (SSSR count). The Labute approximate surface area is 193 Å². The average Bonchev–Trinajstić information content (AvgIpc) is 3.41. The fourth-order valence-electron chi connectivity index (χ4n) is 3.74. The molecule has 3 aromatic rings. The molecule has 0 bridgehead atoms. The Morgan fingerprint density at radius 2 is 1.88 bits per heavy atom. The van der Waals surface area contributed by atoms with Gasteiger partial charge in [-0.1, -0.05) is 26.7 Å². The number of nitrogens with one attached hydrogen (secondary N) is 4. The normalized spacial score (nSPS) is 14.5. The van der Waals surface area contributed by atoms with E-state index in [0.29, 0.717) is 29.5 Å². The second kappa shape index (κ2) is 9.70. The minimum absolute atomic E-state index is 0.0748. The molecular formula is C23H29N5O4S. The van der Waals surface area contributed by atoms with Gasteiger partial charge in [0.2, 0.25) is 5.95 Å². The first-order valence-electron chi connectivity index (χ1n) is 11.1. The van der Waals surface area contributed by atoms with E-state index in [1.165, 1.54) is 37.1 Å². The van der Waals surface area contributed by atoms with Crippen molar-refractivity contribution >= 4 is 38.8 Å². The Hall–Kier alpha value is -3.27. The van der Waals surface area contributed by atoms with E-state index in [1.807, 2.05) is 13.8 Å². The van der Waals surface area contributed by atoms with E-state index in [-0.39, 0.29) is 22.6 Å². The molecule has 0 unspecified atom stereocenters. The zero-order chi connectivity index (χ0) is 23.4. The molecule has 33 heavy (non-hydrogen) atoms. The van der Waals surface area contributed by atoms with Crippen molar-refractivity contribution in [1.29, 1.82) is 0 Å². The number of nitrogens with zero attached hydrogens (tertiary/aromatic N) is 1. The smallest absolute Gasteiger partial charge is 0.339 e. The lowest BCUT2D eigenvalue weighted by atomic mass is 10.2. The number of urea groups is 1. The minimum atomic E-state index is -4.00. The zero-order valence-electron chi connectivity index (χ0n) is 18.7. The Morgan fingerprint density at radius 1 is 1.15 bits per heavy atom. The van der Waals surface area contributed by atoms with Crippen molar-refractivity contribution in [3.8, 4) is 5.75 Å². The molecule has 0 radical (unpaired) electrons. The summed E-state index contributed by atoms with van der Waals surface area (Å²) >= 11 is 0. The lowest BCUT2D eigenvalue weighted by Crippen LogP contribution is -2.31. The lowest BCUT2D eigenvalue weighted by molar-refractivity contribution is 0.250. The SMILES string of the molecule is CC(C)CNC(=O)Nc1nc2cc(OS(=O)(=O)c3ccc(NC4CCCC4)cc3)ccc2[nH]1. The van der Waals surface area contributed by atoms with Crippen LogP contribution < -0.4 is 20.1 Å². The maximum Gasteiger partial charge on any atom is 0.339 e. The van der Waals surface area contributed by atoms with Crippen LogP contribution >= 0.6 is 0 Å². The number of imidazole rings is 1. The third kappa shape index (κ3) is 5.95. The highest BCUT2D eigenvalue weighted by Gasteiger charge is 2.19. The van der Waals surface area contributed by atoms with Gasteiger partial charge in [-0.2, -0.15) is 8.42 Å². The van der Waals surface area contributed by atoms with Crippen molar-refractivity contribution in [3.63, 3.8) is 0 Å². The van der Waals surface area contributed by atoms with Gasteiger partial charge in [-0.15, -0.1) is 0 Å². The summed E-state index contributed by atoms with van der Waals surface area (Å²) in [5, 5.41) is 8.81. The van der Waals surface area contributed by atoms with Gasteiger partial charge in [0.25, 0.3) is 0 Å². The Morgan fingerprint density at radius 3 is 2.58 bits per heavy atom. The van der Waals surface area contributed by atoms with Crippen LogP contribution in [0, 0.1) is 5.92 Å². The van der Waals surface area contributed by atoms with Crippen LogP contribution in [0.4, 0.5) is 16.4 Å². The highest BCUT2D eigenvalue weighted by molar-refractivity contribution is 7.87. The largest absolute Gasteiger partial charge is 0.382 e. The van der Waals surface area contributed by atoms with Crippen LogP contribution in [0.2, 0.25) is 0 Å². The van der Waals surface area contributed by atoms with Crippen LogP contribution in [-0.4, -0.2) is 37.0 Å². The molecule has 1 aliphatic carbocycles. The van der Waals surface area contributed by atoms with Gasteiger partial charge < -0.3 is 19.8 Å². The highest BCUT2D eigenvalue weighted by atomic mass is 32.2. The summed E-state index contributed by atoms with van der Waals surface area (Å²) in [6.07, 6.45) is 4.72. The van der Waals surface area contributed by atoms with Crippen LogP contribution in [0.5, 0.6) is 5.75 Å². The molecule has 10 heteroatoms. The number of fused-ring (bicyclic) bond motifs is 1. The predicted octanol–water partition coefficient (Wildman–Crippen LogP) is 4.46. The Bertz CT molecular complexity index is 1220. The molecule has 1 saturated carbocycles. The van der Waals surface area contributed by atoms with Crippen LogP contribution in [0.25, 0.3) is 11.0 Å². The molecule has 9 nitrogen and oxygen atoms in total. The average molecular weight is 472 g/mol. The summed E-state index contributed by atoms with van der Waals surface area (Å²) in [6.45, 7) is 4.54. The number of anilines is 2. The summed E-state index contributed by atoms with van der Waals surface area (Å²) in [6, 6.07) is 11.4. The fraction of sp³-hybridized carbons (Fsp3) is 0.391. The standard InChI is InChI=1S/C23H29N5O4S/c1-15(2)14-24-23(29)28-22-26-20-12-9-18(13-21(20)27-22)32-33(30,31)19-10-7-17(8-11-19)25-16-5-3-4-6-16/h7-13,15-16,25H,3-6,14H2,1-2H3,(H3,24,26,27,28,29). The van der Waals surface area contributed by atoms with Gasteiger partial charge in [-0.05, 0) is 55.2 Å². The third-order valence-electron chi connectivity index (χ3n) is 5.43. The molecule has 1 aliphatic rings. The maximum absolute atomic E-state index is 12.7. The number of aromatic nitrogens is 2. The molecule has 0 aliphatic heterocycles. The quantitative estimate of drug-likeness (QED) is 0.359. The zero-order valence-corrected chi connectivity index (χ0v) is 19.5. The first-order chi connectivity index (χ1) is 15.8. The number of carbonyl (C=O) groups excluding carboxylic acids is 1. The summed E-state index contributed by atoms with van der Waals surface area (Å²) in [5.41, 5.74) is 2.01. The lowest BCUT2D eigenvalue weighted by Gasteiger charge is -2.14. The van der Waals surface area contributed by atoms with Crippen molar-refractivity contribution in [2.24, 2.45) is 5.92 Å². The van der Waals surface area contributed by atoms with Gasteiger partial charge in [0.15, 0.2) is 0 Å². The highest BCUT2D eigenvalue weighted by Crippen LogP contribution is 2.26. The van der Waals surface area contributed by atoms with E-state index < -0.39 is 10.1 Å². The molecule has 176 valence electrons. The fourth-order valence-corrected chi connectivity index (χ4v) is 4.67. The molecule has 1 fully saturated rings. The number of benzene rings is 2. The third-order valence-corrected chi connectivity index (χ3v) is 6.69. The van der Waals surface area contributed by atoms with Gasteiger partial charge in [0.05, 0.1) is 11.0 Å². The van der Waals surface area contributed by atoms with Crippen molar-refractivity contribution in [3.05, 3.63) is 42.5 Å². The summed E-state index contributed by atoms with van der Waals surface area (Å²) in [7, 11) is -4.00. The molecule has 0 spiro atoms. The van der Waals surface area contributed by atoms with E-state index in [0.717, 1.165) is 18.5 Å². The number of rotatable bonds is 8. The second-order valence-electron chi connectivity index (χ2n) is 8.68. The second-order valence-corrected chi connectivity index (χ2v) is 10.2. The molecule has 1 aromatic heterocycles. The predicted molar refractivity (Wildman–Crippen MR) is 128 cm³/mol. The van der Waals surface area contributed by atoms with Crippen LogP contribution in [0.1, 0.15) is 39.5 Å². The number of amides is 2. The molecule has 0 atom stereocenters. The van der Waals surface area contributed by atoms with Crippen molar-refractivity contribution in [2.45, 2.75) is 50.5 Å². The number of H-pyrrole nitrogens is 1. The van der Waals surface area contributed by atoms with E-state index >= 15 is 0 Å². The van der Waals surface area contributed by atoms with Gasteiger partial charge in [-0.3, -0.25) is 5.32 Å². The van der Waals surface area contributed by atoms with Crippen molar-refractivity contribution < 1.29 is 17.4 Å². The molecule has 0 saturated heterocycles. The first kappa shape index (κ1) is 22.9. The Kier molecular flexibility index (Phi) is 6.73. The van der Waals surface area contributed by atoms with Gasteiger partial charge in [0, 0.05) is 24.3 Å². The number of aromatic amines is 1. The molecule has 4 N–H and O–H groups in total. The van der Waals surface area contributed by atoms with Crippen LogP contribution in [0.15, 0.2) is 47.4 Å². The van der Waals surface area contributed by atoms with Crippen molar-refractivity contribution in [2.75, 3.05) is 17.2 Å². The Balaban J connectivity index is 1.42. The van der Waals surface area contributed by atoms with Crippen LogP contribution in [0.3, 0.4) is 0 Å².